The van der Waals surface area contributed by atoms with E-state index < -0.39 is 0 Å². The molecule has 1 aliphatic rings. The summed E-state index contributed by atoms with van der Waals surface area (Å²) in [6.07, 6.45) is 0.374. The van der Waals surface area contributed by atoms with Gasteiger partial charge in [0.1, 0.15) is 12.4 Å². The topological polar surface area (TPSA) is 26.3 Å². The highest BCUT2D eigenvalue weighted by Crippen LogP contribution is 2.33. The quantitative estimate of drug-likeness (QED) is 0.639. The van der Waals surface area contributed by atoms with Crippen molar-refractivity contribution in [3.05, 3.63) is 35.6 Å². The average Bonchev–Trinajstić information content (AvgIpc) is 2.48. The van der Waals surface area contributed by atoms with Gasteiger partial charge in [-0.05, 0) is 17.7 Å². The maximum absolute atomic E-state index is 12.7. The van der Waals surface area contributed by atoms with Crippen molar-refractivity contribution in [2.75, 3.05) is 6.61 Å². The summed E-state index contributed by atoms with van der Waals surface area (Å²) < 4.78 is 17.6. The minimum Gasteiger partial charge on any atom is -0.465 e. The molecule has 3 heteroatoms. The molecule has 74 valence electrons. The number of hydrogen-bond acceptors (Lipinski definition) is 2. The highest BCUT2D eigenvalue weighted by molar-refractivity contribution is 5.74. The molecule has 14 heavy (non-hydrogen) atoms. The van der Waals surface area contributed by atoms with Crippen LogP contribution in [0, 0.1) is 5.82 Å². The number of rotatable bonds is 1. The van der Waals surface area contributed by atoms with Gasteiger partial charge in [-0.25, -0.2) is 4.39 Å². The third kappa shape index (κ3) is 1.50. The van der Waals surface area contributed by atoms with Gasteiger partial charge in [0.2, 0.25) is 0 Å². The van der Waals surface area contributed by atoms with Crippen LogP contribution in [0.4, 0.5) is 4.39 Å². The molecule has 2 nitrogen and oxygen atoms in total. The molecule has 0 radical (unpaired) electrons. The van der Waals surface area contributed by atoms with Gasteiger partial charge >= 0.3 is 5.97 Å². The van der Waals surface area contributed by atoms with Crippen LogP contribution in [0.15, 0.2) is 24.3 Å². The minimum atomic E-state index is -0.287. The van der Waals surface area contributed by atoms with Gasteiger partial charge in [-0.1, -0.05) is 19.1 Å². The Kier molecular flexibility index (Phi) is 2.02. The van der Waals surface area contributed by atoms with E-state index in [0.717, 1.165) is 5.56 Å². The lowest BCUT2D eigenvalue weighted by atomic mass is 9.82. The maximum Gasteiger partial charge on any atom is 0.306 e. The first kappa shape index (κ1) is 9.19. The van der Waals surface area contributed by atoms with Gasteiger partial charge in [0, 0.05) is 5.41 Å². The first-order chi connectivity index (χ1) is 6.60. The number of carbonyl (C=O) groups is 1. The average molecular weight is 194 g/mol. The molecule has 1 atom stereocenters. The molecule has 0 N–H and O–H groups in total. The molecule has 1 saturated heterocycles. The summed E-state index contributed by atoms with van der Waals surface area (Å²) in [4.78, 5) is 11.0. The van der Waals surface area contributed by atoms with Crippen LogP contribution in [-0.2, 0) is 14.9 Å². The van der Waals surface area contributed by atoms with Crippen molar-refractivity contribution in [1.82, 2.24) is 0 Å². The summed E-state index contributed by atoms with van der Waals surface area (Å²) in [7, 11) is 0. The molecule has 0 amide bonds. The van der Waals surface area contributed by atoms with E-state index in [9.17, 15) is 9.18 Å². The fourth-order valence-corrected chi connectivity index (χ4v) is 1.70. The largest absolute Gasteiger partial charge is 0.465 e. The molecule has 1 fully saturated rings. The Hall–Kier alpha value is -1.38. The summed E-state index contributed by atoms with van der Waals surface area (Å²) >= 11 is 0. The zero-order chi connectivity index (χ0) is 10.2. The van der Waals surface area contributed by atoms with Crippen molar-refractivity contribution < 1.29 is 13.9 Å². The summed E-state index contributed by atoms with van der Waals surface area (Å²) in [5.41, 5.74) is 0.662. The number of benzene rings is 1. The molecule has 0 spiro atoms. The SMILES string of the molecule is CC1(c2ccc(F)cc2)COC(=O)C1. The smallest absolute Gasteiger partial charge is 0.306 e. The summed E-state index contributed by atoms with van der Waals surface area (Å²) in [5, 5.41) is 0. The van der Waals surface area contributed by atoms with Crippen molar-refractivity contribution in [3.8, 4) is 0 Å². The van der Waals surface area contributed by atoms with E-state index in [1.807, 2.05) is 6.92 Å². The Morgan fingerprint density at radius 1 is 1.36 bits per heavy atom. The first-order valence-corrected chi connectivity index (χ1v) is 4.52. The van der Waals surface area contributed by atoms with E-state index >= 15 is 0 Å². The normalized spacial score (nSPS) is 26.3. The molecule has 1 heterocycles. The van der Waals surface area contributed by atoms with Crippen molar-refractivity contribution >= 4 is 5.97 Å². The van der Waals surface area contributed by atoms with Gasteiger partial charge in [0.15, 0.2) is 0 Å². The third-order valence-corrected chi connectivity index (χ3v) is 2.63. The van der Waals surface area contributed by atoms with Crippen LogP contribution < -0.4 is 0 Å². The van der Waals surface area contributed by atoms with Gasteiger partial charge < -0.3 is 4.74 Å². The van der Waals surface area contributed by atoms with Crippen LogP contribution in [0.1, 0.15) is 18.9 Å². The molecule has 0 bridgehead atoms. The Labute approximate surface area is 81.7 Å². The Bertz CT molecular complexity index is 358. The van der Waals surface area contributed by atoms with Crippen molar-refractivity contribution in [2.45, 2.75) is 18.8 Å². The predicted octanol–water partition coefficient (Wildman–Crippen LogP) is 2.03. The standard InChI is InChI=1S/C11H11FO2/c1-11(6-10(13)14-7-11)8-2-4-9(12)5-3-8/h2-5H,6-7H2,1H3. The number of ether oxygens (including phenoxy) is 1. The van der Waals surface area contributed by atoms with Crippen LogP contribution >= 0.6 is 0 Å². The first-order valence-electron chi connectivity index (χ1n) is 4.52. The molecular formula is C11H11FO2. The summed E-state index contributed by atoms with van der Waals surface area (Å²) in [6.45, 7) is 2.34. The molecule has 1 unspecified atom stereocenters. The number of carbonyl (C=O) groups excluding carboxylic acids is 1. The highest BCUT2D eigenvalue weighted by atomic mass is 19.1. The van der Waals surface area contributed by atoms with E-state index in [4.69, 9.17) is 4.74 Å². The lowest BCUT2D eigenvalue weighted by molar-refractivity contribution is -0.137. The van der Waals surface area contributed by atoms with E-state index in [1.165, 1.54) is 12.1 Å². The van der Waals surface area contributed by atoms with Gasteiger partial charge in [0.25, 0.3) is 0 Å². The third-order valence-electron chi connectivity index (χ3n) is 2.63. The van der Waals surface area contributed by atoms with Gasteiger partial charge in [-0.2, -0.15) is 0 Å². The van der Waals surface area contributed by atoms with E-state index in [1.54, 1.807) is 12.1 Å². The van der Waals surface area contributed by atoms with Crippen LogP contribution in [0.3, 0.4) is 0 Å². The van der Waals surface area contributed by atoms with Gasteiger partial charge in [0.05, 0.1) is 6.42 Å². The van der Waals surface area contributed by atoms with E-state index in [-0.39, 0.29) is 17.2 Å². The second-order valence-corrected chi connectivity index (χ2v) is 3.91. The van der Waals surface area contributed by atoms with Crippen molar-refractivity contribution in [1.29, 1.82) is 0 Å². The van der Waals surface area contributed by atoms with Gasteiger partial charge in [-0.3, -0.25) is 4.79 Å². The van der Waals surface area contributed by atoms with E-state index in [0.29, 0.717) is 13.0 Å². The Balaban J connectivity index is 2.30. The monoisotopic (exact) mass is 194 g/mol. The Morgan fingerprint density at radius 2 is 2.00 bits per heavy atom. The van der Waals surface area contributed by atoms with Gasteiger partial charge in [-0.15, -0.1) is 0 Å². The molecule has 2 rings (SSSR count). The predicted molar refractivity (Wildman–Crippen MR) is 49.3 cm³/mol. The van der Waals surface area contributed by atoms with Crippen molar-refractivity contribution in [2.24, 2.45) is 0 Å². The highest BCUT2D eigenvalue weighted by Gasteiger charge is 2.37. The lowest BCUT2D eigenvalue weighted by Gasteiger charge is -2.20. The van der Waals surface area contributed by atoms with E-state index in [2.05, 4.69) is 0 Å². The zero-order valence-corrected chi connectivity index (χ0v) is 7.92. The Morgan fingerprint density at radius 3 is 2.50 bits per heavy atom. The fourth-order valence-electron chi connectivity index (χ4n) is 1.70. The minimum absolute atomic E-state index is 0.183. The second-order valence-electron chi connectivity index (χ2n) is 3.91. The molecule has 0 aliphatic carbocycles. The maximum atomic E-state index is 12.7. The van der Waals surface area contributed by atoms with Crippen LogP contribution in [-0.4, -0.2) is 12.6 Å². The lowest BCUT2D eigenvalue weighted by Crippen LogP contribution is -2.21. The summed E-state index contributed by atoms with van der Waals surface area (Å²) in [5.74, 6) is -0.445. The molecule has 0 aromatic heterocycles. The fraction of sp³-hybridized carbons (Fsp3) is 0.364. The number of esters is 1. The summed E-state index contributed by atoms with van der Waals surface area (Å²) in [6, 6.07) is 6.22. The molecule has 1 aromatic rings. The number of halogens is 1. The molecule has 1 aromatic carbocycles. The van der Waals surface area contributed by atoms with Crippen LogP contribution in [0.2, 0.25) is 0 Å². The zero-order valence-electron chi connectivity index (χ0n) is 7.92. The second kappa shape index (κ2) is 3.08. The van der Waals surface area contributed by atoms with Crippen molar-refractivity contribution in [3.63, 3.8) is 0 Å². The van der Waals surface area contributed by atoms with Crippen LogP contribution in [0.5, 0.6) is 0 Å². The van der Waals surface area contributed by atoms with Crippen LogP contribution in [0.25, 0.3) is 0 Å². The number of hydrogen-bond donors (Lipinski definition) is 0. The number of cyclic esters (lactones) is 1. The molecule has 1 aliphatic heterocycles. The molecule has 0 saturated carbocycles. The molecular weight excluding hydrogens is 183 g/mol.